The fourth-order valence-corrected chi connectivity index (χ4v) is 2.83. The number of hydrogen-bond donors (Lipinski definition) is 1. The molecule has 3 rings (SSSR count). The van der Waals surface area contributed by atoms with Gasteiger partial charge in [-0.15, -0.1) is 0 Å². The summed E-state index contributed by atoms with van der Waals surface area (Å²) in [6, 6.07) is 9.55. The predicted molar refractivity (Wildman–Crippen MR) is 75.4 cm³/mol. The lowest BCUT2D eigenvalue weighted by Gasteiger charge is -1.98. The molecular weight excluding hydrogens is 260 g/mol. The molecule has 2 aromatic heterocycles. The predicted octanol–water partition coefficient (Wildman–Crippen LogP) is 3.38. The highest BCUT2D eigenvalue weighted by molar-refractivity contribution is 7.22. The molecule has 4 nitrogen and oxygen atoms in total. The van der Waals surface area contributed by atoms with Gasteiger partial charge in [-0.05, 0) is 30.7 Å². The highest BCUT2D eigenvalue weighted by Gasteiger charge is 2.10. The van der Waals surface area contributed by atoms with Gasteiger partial charge in [0, 0.05) is 0 Å². The van der Waals surface area contributed by atoms with Crippen LogP contribution in [0.15, 0.2) is 41.0 Å². The zero-order valence-electron chi connectivity index (χ0n) is 10.3. The summed E-state index contributed by atoms with van der Waals surface area (Å²) < 4.78 is 6.22. The summed E-state index contributed by atoms with van der Waals surface area (Å²) in [5.41, 5.74) is 2.06. The van der Waals surface area contributed by atoms with E-state index in [9.17, 15) is 4.79 Å². The van der Waals surface area contributed by atoms with Gasteiger partial charge in [-0.2, -0.15) is 0 Å². The lowest BCUT2D eigenvalue weighted by atomic mass is 10.2. The van der Waals surface area contributed by atoms with Crippen molar-refractivity contribution in [2.24, 2.45) is 0 Å². The third kappa shape index (κ3) is 2.51. The number of thiazole rings is 1. The lowest BCUT2D eigenvalue weighted by Crippen LogP contribution is -2.13. The fraction of sp³-hybridized carbons (Fsp3) is 0.143. The molecule has 1 N–H and O–H groups in total. The van der Waals surface area contributed by atoms with Gasteiger partial charge in [-0.25, -0.2) is 4.98 Å². The molecule has 0 saturated carbocycles. The number of amides is 1. The molecule has 3 aromatic rings. The number of hydrogen-bond acceptors (Lipinski definition) is 4. The molecule has 0 bridgehead atoms. The van der Waals surface area contributed by atoms with E-state index in [1.54, 1.807) is 18.4 Å². The molecule has 0 aliphatic rings. The molecule has 0 aliphatic carbocycles. The summed E-state index contributed by atoms with van der Waals surface area (Å²) in [6.45, 7) is 2.01. The maximum atomic E-state index is 11.8. The molecule has 96 valence electrons. The van der Waals surface area contributed by atoms with Crippen LogP contribution in [0.2, 0.25) is 0 Å². The Kier molecular flexibility index (Phi) is 3.05. The second-order valence-electron chi connectivity index (χ2n) is 4.24. The molecule has 2 heterocycles. The van der Waals surface area contributed by atoms with Crippen LogP contribution in [0.3, 0.4) is 0 Å². The van der Waals surface area contributed by atoms with E-state index >= 15 is 0 Å². The van der Waals surface area contributed by atoms with Crippen LogP contribution in [0.4, 0.5) is 5.13 Å². The Hall–Kier alpha value is -2.14. The van der Waals surface area contributed by atoms with Gasteiger partial charge >= 0.3 is 0 Å². The van der Waals surface area contributed by atoms with E-state index in [-0.39, 0.29) is 12.3 Å². The minimum Gasteiger partial charge on any atom is -0.469 e. The quantitative estimate of drug-likeness (QED) is 0.795. The molecular formula is C14H12N2O2S. The Morgan fingerprint density at radius 3 is 3.00 bits per heavy atom. The molecule has 1 amide bonds. The first-order chi connectivity index (χ1) is 9.22. The summed E-state index contributed by atoms with van der Waals surface area (Å²) in [5, 5.41) is 3.43. The van der Waals surface area contributed by atoms with Crippen molar-refractivity contribution in [3.05, 3.63) is 47.9 Å². The van der Waals surface area contributed by atoms with Gasteiger partial charge in [0.1, 0.15) is 5.76 Å². The zero-order valence-corrected chi connectivity index (χ0v) is 11.2. The van der Waals surface area contributed by atoms with Crippen LogP contribution >= 0.6 is 11.3 Å². The Labute approximate surface area is 114 Å². The number of anilines is 1. The third-order valence-corrected chi connectivity index (χ3v) is 3.72. The third-order valence-electron chi connectivity index (χ3n) is 2.78. The average Bonchev–Trinajstić information content (AvgIpc) is 2.98. The second-order valence-corrected chi connectivity index (χ2v) is 5.28. The summed E-state index contributed by atoms with van der Waals surface area (Å²) in [4.78, 5) is 16.3. The normalized spacial score (nSPS) is 10.8. The summed E-state index contributed by atoms with van der Waals surface area (Å²) in [7, 11) is 0. The molecule has 0 radical (unpaired) electrons. The highest BCUT2D eigenvalue weighted by Crippen LogP contribution is 2.27. The summed E-state index contributed by atoms with van der Waals surface area (Å²) in [6.07, 6.45) is 1.78. The van der Waals surface area contributed by atoms with Gasteiger partial charge in [0.05, 0.1) is 22.9 Å². The van der Waals surface area contributed by atoms with Gasteiger partial charge in [0.25, 0.3) is 0 Å². The molecule has 5 heteroatoms. The molecule has 0 aliphatic heterocycles. The van der Waals surface area contributed by atoms with Crippen molar-refractivity contribution in [1.82, 2.24) is 4.98 Å². The maximum Gasteiger partial charge on any atom is 0.233 e. The van der Waals surface area contributed by atoms with Crippen LogP contribution in [0, 0.1) is 6.92 Å². The van der Waals surface area contributed by atoms with Crippen LogP contribution < -0.4 is 5.32 Å². The molecule has 19 heavy (non-hydrogen) atoms. The number of nitrogens with one attached hydrogen (secondary N) is 1. The smallest absolute Gasteiger partial charge is 0.233 e. The number of aryl methyl sites for hydroxylation is 1. The van der Waals surface area contributed by atoms with Gasteiger partial charge in [-0.3, -0.25) is 4.79 Å². The van der Waals surface area contributed by atoms with E-state index in [0.717, 1.165) is 15.8 Å². The zero-order chi connectivity index (χ0) is 13.2. The van der Waals surface area contributed by atoms with Crippen molar-refractivity contribution in [3.8, 4) is 0 Å². The molecule has 0 atom stereocenters. The van der Waals surface area contributed by atoms with Crippen molar-refractivity contribution < 1.29 is 9.21 Å². The van der Waals surface area contributed by atoms with E-state index in [4.69, 9.17) is 4.42 Å². The molecule has 0 spiro atoms. The number of benzene rings is 1. The largest absolute Gasteiger partial charge is 0.469 e. The molecule has 0 saturated heterocycles. The van der Waals surface area contributed by atoms with Crippen LogP contribution in [0.1, 0.15) is 11.3 Å². The van der Waals surface area contributed by atoms with Crippen molar-refractivity contribution in [2.75, 3.05) is 5.32 Å². The van der Waals surface area contributed by atoms with Gasteiger partial charge < -0.3 is 9.73 Å². The number of para-hydroxylation sites is 1. The number of furan rings is 1. The Balaban J connectivity index is 1.78. The minimum absolute atomic E-state index is 0.119. The highest BCUT2D eigenvalue weighted by atomic mass is 32.1. The fourth-order valence-electron chi connectivity index (χ4n) is 1.87. The van der Waals surface area contributed by atoms with Crippen LogP contribution in [0.5, 0.6) is 0 Å². The van der Waals surface area contributed by atoms with Crippen molar-refractivity contribution >= 4 is 32.6 Å². The first-order valence-electron chi connectivity index (χ1n) is 5.91. The number of rotatable bonds is 3. The summed E-state index contributed by atoms with van der Waals surface area (Å²) >= 11 is 1.48. The van der Waals surface area contributed by atoms with Gasteiger partial charge in [-0.1, -0.05) is 23.5 Å². The average molecular weight is 272 g/mol. The van der Waals surface area contributed by atoms with Crippen molar-refractivity contribution in [2.45, 2.75) is 13.3 Å². The van der Waals surface area contributed by atoms with Gasteiger partial charge in [0.2, 0.25) is 5.91 Å². The van der Waals surface area contributed by atoms with Gasteiger partial charge in [0.15, 0.2) is 5.13 Å². The topological polar surface area (TPSA) is 55.1 Å². The number of carbonyl (C=O) groups excluding carboxylic acids is 1. The minimum atomic E-state index is -0.119. The number of fused-ring (bicyclic) bond motifs is 1. The molecule has 0 fully saturated rings. The number of nitrogens with zero attached hydrogens (tertiary/aromatic N) is 1. The van der Waals surface area contributed by atoms with Crippen LogP contribution in [0.25, 0.3) is 10.2 Å². The monoisotopic (exact) mass is 272 g/mol. The first kappa shape index (κ1) is 11.9. The van der Waals surface area contributed by atoms with E-state index in [1.807, 2.05) is 25.1 Å². The Morgan fingerprint density at radius 2 is 2.26 bits per heavy atom. The number of carbonyl (C=O) groups is 1. The second kappa shape index (κ2) is 4.85. The summed E-state index contributed by atoms with van der Waals surface area (Å²) in [5.74, 6) is 0.529. The van der Waals surface area contributed by atoms with E-state index in [2.05, 4.69) is 10.3 Å². The lowest BCUT2D eigenvalue weighted by molar-refractivity contribution is -0.115. The first-order valence-corrected chi connectivity index (χ1v) is 6.72. The van der Waals surface area contributed by atoms with E-state index < -0.39 is 0 Å². The molecule has 1 aromatic carbocycles. The SMILES string of the molecule is Cc1cccc2sc(NC(=O)Cc3ccco3)nc12. The molecule has 0 unspecified atom stereocenters. The van der Waals surface area contributed by atoms with E-state index in [0.29, 0.717) is 10.9 Å². The van der Waals surface area contributed by atoms with Crippen LogP contribution in [-0.2, 0) is 11.2 Å². The van der Waals surface area contributed by atoms with Crippen molar-refractivity contribution in [1.29, 1.82) is 0 Å². The van der Waals surface area contributed by atoms with E-state index in [1.165, 1.54) is 11.3 Å². The Morgan fingerprint density at radius 1 is 1.37 bits per heavy atom. The van der Waals surface area contributed by atoms with Crippen molar-refractivity contribution in [3.63, 3.8) is 0 Å². The van der Waals surface area contributed by atoms with Crippen LogP contribution in [-0.4, -0.2) is 10.9 Å². The standard InChI is InChI=1S/C14H12N2O2S/c1-9-4-2-6-11-13(9)16-14(19-11)15-12(17)8-10-5-3-7-18-10/h2-7H,8H2,1H3,(H,15,16,17). The Bertz CT molecular complexity index is 716. The maximum absolute atomic E-state index is 11.8. The number of aromatic nitrogens is 1.